The summed E-state index contributed by atoms with van der Waals surface area (Å²) in [5.74, 6) is 0.188. The van der Waals surface area contributed by atoms with Gasteiger partial charge in [-0.1, -0.05) is 13.0 Å². The lowest BCUT2D eigenvalue weighted by Crippen LogP contribution is -2.29. The molecular formula is C15H18N2O. The number of carbonyl (C=O) groups excluding carboxylic acids is 1. The summed E-state index contributed by atoms with van der Waals surface area (Å²) >= 11 is 0. The van der Waals surface area contributed by atoms with E-state index in [1.165, 1.54) is 5.39 Å². The summed E-state index contributed by atoms with van der Waals surface area (Å²) in [5.41, 5.74) is 3.38. The highest BCUT2D eigenvalue weighted by molar-refractivity contribution is 5.85. The fourth-order valence-electron chi connectivity index (χ4n) is 2.25. The Morgan fingerprint density at radius 3 is 2.89 bits per heavy atom. The number of carbonyl (C=O) groups is 1. The van der Waals surface area contributed by atoms with Gasteiger partial charge < -0.3 is 10.3 Å². The molecule has 1 aromatic carbocycles. The van der Waals surface area contributed by atoms with Crippen molar-refractivity contribution in [3.63, 3.8) is 0 Å². The van der Waals surface area contributed by atoms with Crippen LogP contribution in [0.2, 0.25) is 0 Å². The van der Waals surface area contributed by atoms with Gasteiger partial charge in [0.25, 0.3) is 0 Å². The number of H-pyrrole nitrogens is 1. The maximum absolute atomic E-state index is 11.9. The van der Waals surface area contributed by atoms with Crippen molar-refractivity contribution in [1.82, 2.24) is 10.3 Å². The molecule has 1 amide bonds. The summed E-state index contributed by atoms with van der Waals surface area (Å²) in [4.78, 5) is 15.1. The van der Waals surface area contributed by atoms with Crippen LogP contribution in [0, 0.1) is 12.3 Å². The van der Waals surface area contributed by atoms with Gasteiger partial charge in [-0.15, -0.1) is 0 Å². The number of benzene rings is 1. The predicted octanol–water partition coefficient (Wildman–Crippen LogP) is 2.89. The third-order valence-electron chi connectivity index (χ3n) is 3.82. The maximum atomic E-state index is 11.9. The van der Waals surface area contributed by atoms with Crippen LogP contribution < -0.4 is 5.32 Å². The molecule has 94 valence electrons. The maximum Gasteiger partial charge on any atom is 0.226 e. The van der Waals surface area contributed by atoms with Crippen molar-refractivity contribution in [2.24, 2.45) is 5.41 Å². The van der Waals surface area contributed by atoms with Crippen LogP contribution in [0.4, 0.5) is 0 Å². The summed E-state index contributed by atoms with van der Waals surface area (Å²) in [7, 11) is 0. The normalized spacial score (nSPS) is 16.8. The SMILES string of the molecule is Cc1cc2cc(CNC(=O)C3(C)CC3)ccc2[nH]1. The van der Waals surface area contributed by atoms with Gasteiger partial charge in [-0.25, -0.2) is 0 Å². The van der Waals surface area contributed by atoms with Crippen LogP contribution >= 0.6 is 0 Å². The first-order valence-electron chi connectivity index (χ1n) is 6.43. The van der Waals surface area contributed by atoms with Crippen molar-refractivity contribution < 1.29 is 4.79 Å². The minimum absolute atomic E-state index is 0.0885. The highest BCUT2D eigenvalue weighted by atomic mass is 16.2. The molecule has 1 fully saturated rings. The van der Waals surface area contributed by atoms with Crippen LogP contribution in [0.3, 0.4) is 0 Å². The van der Waals surface area contributed by atoms with Crippen LogP contribution in [0.1, 0.15) is 31.0 Å². The van der Waals surface area contributed by atoms with Gasteiger partial charge in [0.05, 0.1) is 0 Å². The highest BCUT2D eigenvalue weighted by Crippen LogP contribution is 2.45. The average Bonchev–Trinajstić information content (AvgIpc) is 2.98. The van der Waals surface area contributed by atoms with Crippen LogP contribution in [-0.2, 0) is 11.3 Å². The molecule has 0 atom stereocenters. The standard InChI is InChI=1S/C15H18N2O/c1-10-7-12-8-11(3-4-13(12)17-10)9-16-14(18)15(2)5-6-15/h3-4,7-8,17H,5-6,9H2,1-2H3,(H,16,18). The summed E-state index contributed by atoms with van der Waals surface area (Å²) in [6.45, 7) is 4.70. The number of nitrogens with one attached hydrogen (secondary N) is 2. The molecule has 1 heterocycles. The predicted molar refractivity (Wildman–Crippen MR) is 72.2 cm³/mol. The first kappa shape index (κ1) is 11.3. The number of aromatic nitrogens is 1. The van der Waals surface area contributed by atoms with E-state index in [1.807, 2.05) is 6.92 Å². The van der Waals surface area contributed by atoms with E-state index in [2.05, 4.69) is 41.5 Å². The molecule has 3 heteroatoms. The number of rotatable bonds is 3. The van der Waals surface area contributed by atoms with Crippen molar-refractivity contribution >= 4 is 16.8 Å². The molecule has 0 bridgehead atoms. The zero-order valence-corrected chi connectivity index (χ0v) is 10.8. The highest BCUT2D eigenvalue weighted by Gasteiger charge is 2.44. The van der Waals surface area contributed by atoms with Crippen LogP contribution in [0.25, 0.3) is 10.9 Å². The lowest BCUT2D eigenvalue weighted by Gasteiger charge is -2.09. The molecule has 0 aliphatic heterocycles. The van der Waals surface area contributed by atoms with Crippen LogP contribution in [-0.4, -0.2) is 10.9 Å². The molecule has 0 spiro atoms. The molecule has 1 aliphatic rings. The molecule has 0 radical (unpaired) electrons. The third-order valence-corrected chi connectivity index (χ3v) is 3.82. The molecule has 1 saturated carbocycles. The van der Waals surface area contributed by atoms with Crippen molar-refractivity contribution in [2.45, 2.75) is 33.2 Å². The monoisotopic (exact) mass is 242 g/mol. The molecule has 3 rings (SSSR count). The van der Waals surface area contributed by atoms with E-state index >= 15 is 0 Å². The minimum atomic E-state index is -0.0885. The lowest BCUT2D eigenvalue weighted by molar-refractivity contribution is -0.125. The lowest BCUT2D eigenvalue weighted by atomic mass is 10.1. The van der Waals surface area contributed by atoms with E-state index in [4.69, 9.17) is 0 Å². The number of aryl methyl sites for hydroxylation is 1. The first-order valence-corrected chi connectivity index (χ1v) is 6.43. The number of fused-ring (bicyclic) bond motifs is 1. The molecule has 2 N–H and O–H groups in total. The van der Waals surface area contributed by atoms with Crippen LogP contribution in [0.15, 0.2) is 24.3 Å². The van der Waals surface area contributed by atoms with Gasteiger partial charge in [-0.05, 0) is 48.9 Å². The Bertz CT molecular complexity index is 608. The zero-order chi connectivity index (χ0) is 12.8. The number of hydrogen-bond acceptors (Lipinski definition) is 1. The Labute approximate surface area is 107 Å². The largest absolute Gasteiger partial charge is 0.359 e. The van der Waals surface area contributed by atoms with E-state index in [0.29, 0.717) is 6.54 Å². The Hall–Kier alpha value is -1.77. The average molecular weight is 242 g/mol. The molecule has 0 unspecified atom stereocenters. The molecule has 2 aromatic rings. The molecular weight excluding hydrogens is 224 g/mol. The van der Waals surface area contributed by atoms with Gasteiger partial charge in [-0.3, -0.25) is 4.79 Å². The second-order valence-corrected chi connectivity index (χ2v) is 5.62. The Kier molecular flexibility index (Phi) is 2.44. The molecule has 3 nitrogen and oxygen atoms in total. The fourth-order valence-corrected chi connectivity index (χ4v) is 2.25. The van der Waals surface area contributed by atoms with Crippen LogP contribution in [0.5, 0.6) is 0 Å². The van der Waals surface area contributed by atoms with E-state index in [0.717, 1.165) is 29.6 Å². The fraction of sp³-hybridized carbons (Fsp3) is 0.400. The summed E-state index contributed by atoms with van der Waals surface area (Å²) in [5, 5.41) is 4.23. The second kappa shape index (κ2) is 3.87. The van der Waals surface area contributed by atoms with Crippen molar-refractivity contribution in [3.8, 4) is 0 Å². The molecule has 1 aromatic heterocycles. The molecule has 0 saturated heterocycles. The van der Waals surface area contributed by atoms with Gasteiger partial charge in [-0.2, -0.15) is 0 Å². The number of hydrogen-bond donors (Lipinski definition) is 2. The summed E-state index contributed by atoms with van der Waals surface area (Å²) < 4.78 is 0. The van der Waals surface area contributed by atoms with Crippen molar-refractivity contribution in [3.05, 3.63) is 35.5 Å². The minimum Gasteiger partial charge on any atom is -0.359 e. The van der Waals surface area contributed by atoms with Gasteiger partial charge in [0.1, 0.15) is 0 Å². The van der Waals surface area contributed by atoms with E-state index in [1.54, 1.807) is 0 Å². The van der Waals surface area contributed by atoms with Gasteiger partial charge in [0, 0.05) is 23.2 Å². The first-order chi connectivity index (χ1) is 8.57. The van der Waals surface area contributed by atoms with Gasteiger partial charge in [0.2, 0.25) is 5.91 Å². The molecule has 18 heavy (non-hydrogen) atoms. The Balaban J connectivity index is 1.72. The summed E-state index contributed by atoms with van der Waals surface area (Å²) in [6.07, 6.45) is 2.05. The van der Waals surface area contributed by atoms with E-state index in [-0.39, 0.29) is 11.3 Å². The number of amides is 1. The zero-order valence-electron chi connectivity index (χ0n) is 10.8. The summed E-state index contributed by atoms with van der Waals surface area (Å²) in [6, 6.07) is 8.40. The van der Waals surface area contributed by atoms with Crippen molar-refractivity contribution in [1.29, 1.82) is 0 Å². The van der Waals surface area contributed by atoms with E-state index in [9.17, 15) is 4.79 Å². The Morgan fingerprint density at radius 1 is 1.39 bits per heavy atom. The smallest absolute Gasteiger partial charge is 0.226 e. The topological polar surface area (TPSA) is 44.9 Å². The number of aromatic amines is 1. The molecule has 1 aliphatic carbocycles. The van der Waals surface area contributed by atoms with E-state index < -0.39 is 0 Å². The Morgan fingerprint density at radius 2 is 2.17 bits per heavy atom. The van der Waals surface area contributed by atoms with Gasteiger partial charge >= 0.3 is 0 Å². The van der Waals surface area contributed by atoms with Crippen molar-refractivity contribution in [2.75, 3.05) is 0 Å². The quantitative estimate of drug-likeness (QED) is 0.854. The second-order valence-electron chi connectivity index (χ2n) is 5.62. The third kappa shape index (κ3) is 2.01. The van der Waals surface area contributed by atoms with Gasteiger partial charge in [0.15, 0.2) is 0 Å².